The van der Waals surface area contributed by atoms with E-state index in [0.717, 1.165) is 16.9 Å². The molecule has 0 aliphatic carbocycles. The molecular weight excluding hydrogens is 292 g/mol. The van der Waals surface area contributed by atoms with Gasteiger partial charge in [0.1, 0.15) is 11.5 Å². The lowest BCUT2D eigenvalue weighted by Gasteiger charge is -2.07. The minimum absolute atomic E-state index is 0.0818. The number of nitrogens with zero attached hydrogens (tertiary/aromatic N) is 1. The Morgan fingerprint density at radius 3 is 2.70 bits per heavy atom. The Bertz CT molecular complexity index is 696. The molecule has 1 heterocycles. The lowest BCUT2D eigenvalue weighted by atomic mass is 10.1. The highest BCUT2D eigenvalue weighted by Gasteiger charge is 2.03. The van der Waals surface area contributed by atoms with Crippen LogP contribution in [-0.4, -0.2) is 18.2 Å². The van der Waals surface area contributed by atoms with Gasteiger partial charge >= 0.3 is 0 Å². The Hall–Kier alpha value is -2.82. The first kappa shape index (κ1) is 16.5. The number of benzene rings is 1. The van der Waals surface area contributed by atoms with Crippen LogP contribution in [0.1, 0.15) is 23.8 Å². The van der Waals surface area contributed by atoms with Crippen LogP contribution in [0.5, 0.6) is 5.75 Å². The minimum atomic E-state index is -0.310. The summed E-state index contributed by atoms with van der Waals surface area (Å²) in [7, 11) is 0. The van der Waals surface area contributed by atoms with Crippen LogP contribution in [0.3, 0.4) is 0 Å². The zero-order valence-corrected chi connectivity index (χ0v) is 13.5. The van der Waals surface area contributed by atoms with E-state index in [1.54, 1.807) is 31.4 Å². The molecule has 0 unspecified atom stereocenters. The van der Waals surface area contributed by atoms with Crippen molar-refractivity contribution in [2.45, 2.75) is 20.8 Å². The number of hydrazone groups is 1. The minimum Gasteiger partial charge on any atom is -0.484 e. The molecule has 0 aliphatic heterocycles. The number of ether oxygens (including phenoxy) is 1. The van der Waals surface area contributed by atoms with Gasteiger partial charge in [-0.15, -0.1) is 0 Å². The fourth-order valence-electron chi connectivity index (χ4n) is 1.97. The molecule has 1 amide bonds. The molecule has 5 nitrogen and oxygen atoms in total. The zero-order valence-electron chi connectivity index (χ0n) is 13.5. The molecule has 1 N–H and O–H groups in total. The second-order valence-corrected chi connectivity index (χ2v) is 5.25. The first-order valence-corrected chi connectivity index (χ1v) is 7.29. The highest BCUT2D eigenvalue weighted by Crippen LogP contribution is 2.15. The molecule has 0 atom stereocenters. The van der Waals surface area contributed by atoms with Gasteiger partial charge in [-0.3, -0.25) is 4.79 Å². The van der Waals surface area contributed by atoms with Crippen LogP contribution in [0.25, 0.3) is 6.08 Å². The molecule has 0 aliphatic rings. The summed E-state index contributed by atoms with van der Waals surface area (Å²) in [5, 5.41) is 3.98. The molecule has 1 aromatic heterocycles. The summed E-state index contributed by atoms with van der Waals surface area (Å²) in [4.78, 5) is 11.7. The standard InChI is InChI=1S/C18H20N2O3/c1-13-9-14(2)11-17(10-13)23-12-18(21)20-19-15(3)6-7-16-5-4-8-22-16/h4-11H,12H2,1-3H3,(H,20,21)/b7-6+,19-15-. The van der Waals surface area contributed by atoms with Gasteiger partial charge in [0.25, 0.3) is 5.91 Å². The summed E-state index contributed by atoms with van der Waals surface area (Å²) in [6.45, 7) is 5.67. The summed E-state index contributed by atoms with van der Waals surface area (Å²) in [6, 6.07) is 9.46. The molecule has 5 heteroatoms. The predicted molar refractivity (Wildman–Crippen MR) is 90.4 cm³/mol. The predicted octanol–water partition coefficient (Wildman–Crippen LogP) is 3.48. The summed E-state index contributed by atoms with van der Waals surface area (Å²) < 4.78 is 10.6. The monoisotopic (exact) mass is 312 g/mol. The molecule has 0 saturated carbocycles. The molecule has 0 bridgehead atoms. The first-order valence-electron chi connectivity index (χ1n) is 7.29. The topological polar surface area (TPSA) is 63.8 Å². The Kier molecular flexibility index (Phi) is 5.74. The molecule has 23 heavy (non-hydrogen) atoms. The van der Waals surface area contributed by atoms with Crippen molar-refractivity contribution >= 4 is 17.7 Å². The van der Waals surface area contributed by atoms with Crippen LogP contribution in [0, 0.1) is 13.8 Å². The van der Waals surface area contributed by atoms with E-state index in [4.69, 9.17) is 9.15 Å². The van der Waals surface area contributed by atoms with Gasteiger partial charge in [0.15, 0.2) is 6.61 Å². The molecular formula is C18H20N2O3. The number of amides is 1. The van der Waals surface area contributed by atoms with Crippen LogP contribution in [0.15, 0.2) is 52.2 Å². The van der Waals surface area contributed by atoms with Gasteiger partial charge in [-0.05, 0) is 68.3 Å². The van der Waals surface area contributed by atoms with Crippen LogP contribution < -0.4 is 10.2 Å². The molecule has 0 saturated heterocycles. The van der Waals surface area contributed by atoms with Crippen molar-refractivity contribution in [1.29, 1.82) is 0 Å². The summed E-state index contributed by atoms with van der Waals surface area (Å²) >= 11 is 0. The van der Waals surface area contributed by atoms with Crippen molar-refractivity contribution in [3.8, 4) is 5.75 Å². The lowest BCUT2D eigenvalue weighted by Crippen LogP contribution is -2.25. The number of rotatable bonds is 6. The van der Waals surface area contributed by atoms with E-state index in [1.165, 1.54) is 0 Å². The number of nitrogens with one attached hydrogen (secondary N) is 1. The van der Waals surface area contributed by atoms with Crippen molar-refractivity contribution < 1.29 is 13.9 Å². The Balaban J connectivity index is 1.81. The molecule has 0 fully saturated rings. The zero-order chi connectivity index (χ0) is 16.7. The largest absolute Gasteiger partial charge is 0.484 e. The average molecular weight is 312 g/mol. The van der Waals surface area contributed by atoms with Crippen molar-refractivity contribution in [3.05, 3.63) is 59.6 Å². The second kappa shape index (κ2) is 7.98. The molecule has 2 aromatic rings. The van der Waals surface area contributed by atoms with E-state index in [1.807, 2.05) is 38.1 Å². The van der Waals surface area contributed by atoms with E-state index in [9.17, 15) is 4.79 Å². The van der Waals surface area contributed by atoms with Crippen LogP contribution >= 0.6 is 0 Å². The third-order valence-corrected chi connectivity index (χ3v) is 2.95. The van der Waals surface area contributed by atoms with Gasteiger partial charge in [0.05, 0.1) is 12.0 Å². The average Bonchev–Trinajstić information content (AvgIpc) is 3.01. The SMILES string of the molecule is CC(/C=C/c1ccco1)=N/NC(=O)COc1cc(C)cc(C)c1. The van der Waals surface area contributed by atoms with Gasteiger partial charge in [0, 0.05) is 0 Å². The Morgan fingerprint density at radius 2 is 2.04 bits per heavy atom. The Morgan fingerprint density at radius 1 is 1.30 bits per heavy atom. The maximum Gasteiger partial charge on any atom is 0.277 e. The third-order valence-electron chi connectivity index (χ3n) is 2.95. The van der Waals surface area contributed by atoms with Gasteiger partial charge < -0.3 is 9.15 Å². The number of allylic oxidation sites excluding steroid dienone is 1. The summed E-state index contributed by atoms with van der Waals surface area (Å²) in [6.07, 6.45) is 5.12. The van der Waals surface area contributed by atoms with Gasteiger partial charge in [-0.1, -0.05) is 6.07 Å². The maximum atomic E-state index is 11.7. The normalized spacial score (nSPS) is 11.7. The van der Waals surface area contributed by atoms with Crippen LogP contribution in [0.2, 0.25) is 0 Å². The van der Waals surface area contributed by atoms with E-state index < -0.39 is 0 Å². The molecule has 120 valence electrons. The highest BCUT2D eigenvalue weighted by atomic mass is 16.5. The summed E-state index contributed by atoms with van der Waals surface area (Å²) in [5.74, 6) is 1.09. The van der Waals surface area contributed by atoms with Crippen molar-refractivity contribution in [2.24, 2.45) is 5.10 Å². The smallest absolute Gasteiger partial charge is 0.277 e. The fraction of sp³-hybridized carbons (Fsp3) is 0.222. The summed E-state index contributed by atoms with van der Waals surface area (Å²) in [5.41, 5.74) is 5.30. The van der Waals surface area contributed by atoms with Crippen molar-refractivity contribution in [1.82, 2.24) is 5.43 Å². The van der Waals surface area contributed by atoms with Crippen molar-refractivity contribution in [2.75, 3.05) is 6.61 Å². The van der Waals surface area contributed by atoms with Crippen LogP contribution in [0.4, 0.5) is 0 Å². The van der Waals surface area contributed by atoms with Gasteiger partial charge in [-0.2, -0.15) is 5.10 Å². The first-order chi connectivity index (χ1) is 11.0. The number of hydrogen-bond donors (Lipinski definition) is 1. The number of hydrogen-bond acceptors (Lipinski definition) is 4. The Labute approximate surface area is 135 Å². The van der Waals surface area contributed by atoms with Gasteiger partial charge in [-0.25, -0.2) is 5.43 Å². The quantitative estimate of drug-likeness (QED) is 0.656. The van der Waals surface area contributed by atoms with E-state index in [2.05, 4.69) is 10.5 Å². The maximum absolute atomic E-state index is 11.7. The number of carbonyl (C=O) groups excluding carboxylic acids is 1. The number of furan rings is 1. The molecule has 2 rings (SSSR count). The third kappa shape index (κ3) is 5.82. The van der Waals surface area contributed by atoms with E-state index in [0.29, 0.717) is 11.5 Å². The van der Waals surface area contributed by atoms with Crippen LogP contribution in [-0.2, 0) is 4.79 Å². The van der Waals surface area contributed by atoms with E-state index >= 15 is 0 Å². The molecule has 0 spiro atoms. The number of carbonyl (C=O) groups is 1. The highest BCUT2D eigenvalue weighted by molar-refractivity contribution is 5.96. The van der Waals surface area contributed by atoms with E-state index in [-0.39, 0.29) is 12.5 Å². The second-order valence-electron chi connectivity index (χ2n) is 5.25. The number of aryl methyl sites for hydroxylation is 2. The fourth-order valence-corrected chi connectivity index (χ4v) is 1.97. The van der Waals surface area contributed by atoms with Gasteiger partial charge in [0.2, 0.25) is 0 Å². The lowest BCUT2D eigenvalue weighted by molar-refractivity contribution is -0.123. The van der Waals surface area contributed by atoms with Crippen molar-refractivity contribution in [3.63, 3.8) is 0 Å². The molecule has 0 radical (unpaired) electrons. The molecule has 1 aromatic carbocycles.